The Bertz CT molecular complexity index is 1100. The summed E-state index contributed by atoms with van der Waals surface area (Å²) in [4.78, 5) is 25.9. The van der Waals surface area contributed by atoms with Crippen LogP contribution in [0, 0.1) is 6.92 Å². The Hall–Kier alpha value is -3.19. The maximum Gasteiger partial charge on any atom is 0.251 e. The molecule has 0 aliphatic carbocycles. The van der Waals surface area contributed by atoms with Crippen LogP contribution in [0.5, 0.6) is 5.75 Å². The summed E-state index contributed by atoms with van der Waals surface area (Å²) in [6.07, 6.45) is 0.333. The summed E-state index contributed by atoms with van der Waals surface area (Å²) in [5.41, 5.74) is 2.50. The molecule has 0 spiro atoms. The van der Waals surface area contributed by atoms with Crippen LogP contribution in [0.2, 0.25) is 0 Å². The molecule has 7 heteroatoms. The number of nitrogens with zero attached hydrogens (tertiary/aromatic N) is 4. The van der Waals surface area contributed by atoms with Gasteiger partial charge in [0.2, 0.25) is 0 Å². The number of aromatic nitrogens is 2. The highest BCUT2D eigenvalue weighted by Crippen LogP contribution is 2.32. The number of aromatic hydroxyl groups is 1. The maximum absolute atomic E-state index is 12.5. The van der Waals surface area contributed by atoms with Gasteiger partial charge in [-0.3, -0.25) is 4.79 Å². The summed E-state index contributed by atoms with van der Waals surface area (Å²) in [6.45, 7) is 6.27. The minimum Gasteiger partial charge on any atom is -0.507 e. The second-order valence-electron chi connectivity index (χ2n) is 8.03. The first-order valence-electron chi connectivity index (χ1n) is 10.8. The highest BCUT2D eigenvalue weighted by atomic mass is 16.3. The minimum atomic E-state index is -0.924. The molecule has 2 aromatic carbocycles. The Morgan fingerprint density at radius 3 is 2.58 bits per heavy atom. The lowest BCUT2D eigenvalue weighted by Crippen LogP contribution is -2.51. The van der Waals surface area contributed by atoms with Crippen molar-refractivity contribution in [3.63, 3.8) is 0 Å². The molecule has 3 aromatic rings. The second-order valence-corrected chi connectivity index (χ2v) is 8.03. The van der Waals surface area contributed by atoms with Gasteiger partial charge >= 0.3 is 0 Å². The predicted molar refractivity (Wildman–Crippen MR) is 123 cm³/mol. The van der Waals surface area contributed by atoms with Gasteiger partial charge in [0.25, 0.3) is 5.91 Å². The molecule has 1 saturated heterocycles. The van der Waals surface area contributed by atoms with Crippen LogP contribution in [0.25, 0.3) is 22.3 Å². The summed E-state index contributed by atoms with van der Waals surface area (Å²) in [6, 6.07) is 13.1. The van der Waals surface area contributed by atoms with Crippen LogP contribution in [0.4, 0.5) is 5.82 Å². The van der Waals surface area contributed by atoms with Crippen molar-refractivity contribution in [3.05, 3.63) is 48.0 Å². The predicted octanol–water partition coefficient (Wildman–Crippen LogP) is 3.37. The molecule has 2 N–H and O–H groups in total. The van der Waals surface area contributed by atoms with Gasteiger partial charge in [-0.15, -0.1) is 0 Å². The quantitative estimate of drug-likeness (QED) is 0.655. The van der Waals surface area contributed by atoms with Crippen LogP contribution in [0.1, 0.15) is 26.8 Å². The van der Waals surface area contributed by atoms with Crippen LogP contribution < -0.4 is 4.90 Å². The molecule has 164 valence electrons. The van der Waals surface area contributed by atoms with Crippen LogP contribution in [-0.4, -0.2) is 63.3 Å². The summed E-state index contributed by atoms with van der Waals surface area (Å²) in [7, 11) is 0. The number of aliphatic hydroxyl groups excluding tert-OH is 1. The summed E-state index contributed by atoms with van der Waals surface area (Å²) >= 11 is 0. The molecular weight excluding hydrogens is 392 g/mol. The normalized spacial score (nSPS) is 15.3. The Balaban J connectivity index is 0.00000289. The fourth-order valence-corrected chi connectivity index (χ4v) is 3.99. The third-order valence-electron chi connectivity index (χ3n) is 5.72. The molecule has 1 aliphatic heterocycles. The molecule has 4 rings (SSSR count). The fourth-order valence-electron chi connectivity index (χ4n) is 3.99. The van der Waals surface area contributed by atoms with E-state index in [0.717, 1.165) is 28.7 Å². The topological polar surface area (TPSA) is 89.8 Å². The average Bonchev–Trinajstić information content (AvgIpc) is 2.78. The van der Waals surface area contributed by atoms with Crippen molar-refractivity contribution in [1.29, 1.82) is 0 Å². The smallest absolute Gasteiger partial charge is 0.251 e. The summed E-state index contributed by atoms with van der Waals surface area (Å²) in [5, 5.41) is 21.3. The standard InChI is InChI=1S/C24H28N4O3.H2/c1-3-6-21(30)24(31)28-13-11-27(12-14-28)23-17-10-9-16(2)15-19(17)25-22(26-23)18-7-4-5-8-20(18)29;/h4-5,7-10,15,21,29-30H,3,6,11-14H2,1-2H3;1H. The number of carbonyl (C=O) groups is 1. The van der Waals surface area contributed by atoms with Crippen molar-refractivity contribution in [2.45, 2.75) is 32.8 Å². The van der Waals surface area contributed by atoms with E-state index in [0.29, 0.717) is 44.0 Å². The monoisotopic (exact) mass is 422 g/mol. The van der Waals surface area contributed by atoms with E-state index in [1.807, 2.05) is 44.2 Å². The maximum atomic E-state index is 12.5. The van der Waals surface area contributed by atoms with Crippen molar-refractivity contribution >= 4 is 22.6 Å². The van der Waals surface area contributed by atoms with Gasteiger partial charge in [-0.1, -0.05) is 31.5 Å². The van der Waals surface area contributed by atoms with Crippen molar-refractivity contribution in [1.82, 2.24) is 14.9 Å². The van der Waals surface area contributed by atoms with Crippen LogP contribution >= 0.6 is 0 Å². The van der Waals surface area contributed by atoms with Crippen molar-refractivity contribution < 1.29 is 16.4 Å². The molecule has 1 atom stereocenters. The second kappa shape index (κ2) is 8.89. The minimum absolute atomic E-state index is 0. The number of fused-ring (bicyclic) bond motifs is 1. The van der Waals surface area contributed by atoms with E-state index in [1.54, 1.807) is 17.0 Å². The van der Waals surface area contributed by atoms with Gasteiger partial charge in [-0.25, -0.2) is 9.97 Å². The number of rotatable bonds is 5. The first kappa shape index (κ1) is 21.1. The van der Waals surface area contributed by atoms with Gasteiger partial charge in [0.05, 0.1) is 11.1 Å². The number of hydrogen-bond acceptors (Lipinski definition) is 6. The Morgan fingerprint density at radius 2 is 1.87 bits per heavy atom. The highest BCUT2D eigenvalue weighted by molar-refractivity contribution is 5.92. The van der Waals surface area contributed by atoms with Gasteiger partial charge in [-0.05, 0) is 43.2 Å². The van der Waals surface area contributed by atoms with E-state index in [4.69, 9.17) is 9.97 Å². The molecule has 1 fully saturated rings. The first-order chi connectivity index (χ1) is 15.0. The van der Waals surface area contributed by atoms with Crippen molar-refractivity contribution in [2.24, 2.45) is 0 Å². The highest BCUT2D eigenvalue weighted by Gasteiger charge is 2.27. The van der Waals surface area contributed by atoms with E-state index in [-0.39, 0.29) is 13.1 Å². The SMILES string of the molecule is CCCC(O)C(=O)N1CCN(c2nc(-c3ccccc3O)nc3cc(C)ccc23)CC1.[HH]. The number of aliphatic hydroxyl groups is 1. The number of hydrogen-bond donors (Lipinski definition) is 2. The number of phenols is 1. The molecule has 7 nitrogen and oxygen atoms in total. The molecule has 0 bridgehead atoms. The molecule has 1 amide bonds. The van der Waals surface area contributed by atoms with Crippen LogP contribution in [0.3, 0.4) is 0 Å². The molecule has 1 unspecified atom stereocenters. The van der Waals surface area contributed by atoms with Gasteiger partial charge in [0, 0.05) is 33.0 Å². The third-order valence-corrected chi connectivity index (χ3v) is 5.72. The number of amides is 1. The number of carbonyl (C=O) groups excluding carboxylic acids is 1. The number of benzene rings is 2. The van der Waals surface area contributed by atoms with Gasteiger partial charge in [-0.2, -0.15) is 0 Å². The molecule has 1 aliphatic rings. The first-order valence-corrected chi connectivity index (χ1v) is 10.8. The van der Waals surface area contributed by atoms with Crippen molar-refractivity contribution in [2.75, 3.05) is 31.1 Å². The Kier molecular flexibility index (Phi) is 6.04. The third kappa shape index (κ3) is 4.32. The molecule has 1 aromatic heterocycles. The summed E-state index contributed by atoms with van der Waals surface area (Å²) in [5.74, 6) is 1.22. The van der Waals surface area contributed by atoms with Gasteiger partial charge in [0.1, 0.15) is 17.7 Å². The molecule has 0 saturated carbocycles. The number of anilines is 1. The fraction of sp³-hybridized carbons (Fsp3) is 0.375. The largest absolute Gasteiger partial charge is 0.507 e. The summed E-state index contributed by atoms with van der Waals surface area (Å²) < 4.78 is 0. The van der Waals surface area contributed by atoms with E-state index < -0.39 is 6.10 Å². The van der Waals surface area contributed by atoms with E-state index in [1.165, 1.54) is 0 Å². The molecule has 2 heterocycles. The zero-order chi connectivity index (χ0) is 22.0. The Morgan fingerprint density at radius 1 is 1.13 bits per heavy atom. The van der Waals surface area contributed by atoms with Crippen LogP contribution in [-0.2, 0) is 4.79 Å². The van der Waals surface area contributed by atoms with Gasteiger partial charge < -0.3 is 20.0 Å². The number of phenolic OH excluding ortho intramolecular Hbond substituents is 1. The van der Waals surface area contributed by atoms with E-state index in [9.17, 15) is 15.0 Å². The van der Waals surface area contributed by atoms with Crippen molar-refractivity contribution in [3.8, 4) is 17.1 Å². The number of para-hydroxylation sites is 1. The molecule has 0 radical (unpaired) electrons. The zero-order valence-electron chi connectivity index (χ0n) is 18.0. The van der Waals surface area contributed by atoms with E-state index in [2.05, 4.69) is 4.90 Å². The van der Waals surface area contributed by atoms with E-state index >= 15 is 0 Å². The lowest BCUT2D eigenvalue weighted by Gasteiger charge is -2.36. The lowest BCUT2D eigenvalue weighted by atomic mass is 10.1. The number of piperazine rings is 1. The average molecular weight is 423 g/mol. The molecular formula is C24H30N4O3. The van der Waals surface area contributed by atoms with Gasteiger partial charge in [0.15, 0.2) is 5.82 Å². The molecule has 31 heavy (non-hydrogen) atoms. The lowest BCUT2D eigenvalue weighted by molar-refractivity contribution is -0.140. The Labute approximate surface area is 183 Å². The zero-order valence-corrected chi connectivity index (χ0v) is 18.0. The number of aryl methyl sites for hydroxylation is 1. The van der Waals surface area contributed by atoms with Crippen LogP contribution in [0.15, 0.2) is 42.5 Å².